The Morgan fingerprint density at radius 2 is 2.21 bits per heavy atom. The van der Waals surface area contributed by atoms with Crippen LogP contribution in [0.3, 0.4) is 0 Å². The van der Waals surface area contributed by atoms with Crippen molar-refractivity contribution in [3.63, 3.8) is 0 Å². The fourth-order valence-electron chi connectivity index (χ4n) is 2.53. The fourth-order valence-corrected chi connectivity index (χ4v) is 4.02. The molecule has 0 aliphatic carbocycles. The van der Waals surface area contributed by atoms with Crippen LogP contribution in [0, 0.1) is 6.92 Å². The zero-order valence-electron chi connectivity index (χ0n) is 10.9. The number of thiophene rings is 1. The van der Waals surface area contributed by atoms with Crippen molar-refractivity contribution in [1.29, 1.82) is 0 Å². The zero-order valence-corrected chi connectivity index (χ0v) is 13.3. The van der Waals surface area contributed by atoms with E-state index in [4.69, 9.17) is 4.74 Å². The average Bonchev–Trinajstić information content (AvgIpc) is 2.84. The molecule has 2 nitrogen and oxygen atoms in total. The summed E-state index contributed by atoms with van der Waals surface area (Å²) in [5.74, 6) is 1.01. The van der Waals surface area contributed by atoms with Gasteiger partial charge in [-0.1, -0.05) is 17.7 Å². The summed E-state index contributed by atoms with van der Waals surface area (Å²) in [5, 5.41) is 5.52. The molecule has 0 spiro atoms. The summed E-state index contributed by atoms with van der Waals surface area (Å²) in [5.41, 5.74) is 2.55. The second-order valence-electron chi connectivity index (χ2n) is 4.89. The van der Waals surface area contributed by atoms with Crippen molar-refractivity contribution in [3.05, 3.63) is 50.1 Å². The molecular formula is C15H16BrNOS. The lowest BCUT2D eigenvalue weighted by atomic mass is 9.94. The van der Waals surface area contributed by atoms with E-state index in [1.807, 2.05) is 7.05 Å². The van der Waals surface area contributed by atoms with E-state index < -0.39 is 0 Å². The molecule has 19 heavy (non-hydrogen) atoms. The van der Waals surface area contributed by atoms with Crippen LogP contribution in [-0.2, 0) is 0 Å². The van der Waals surface area contributed by atoms with Gasteiger partial charge in [0.1, 0.15) is 11.9 Å². The minimum atomic E-state index is 0.143. The van der Waals surface area contributed by atoms with Gasteiger partial charge < -0.3 is 10.1 Å². The van der Waals surface area contributed by atoms with Crippen molar-refractivity contribution in [1.82, 2.24) is 5.32 Å². The van der Waals surface area contributed by atoms with E-state index in [0.29, 0.717) is 6.04 Å². The van der Waals surface area contributed by atoms with Gasteiger partial charge >= 0.3 is 0 Å². The summed E-state index contributed by atoms with van der Waals surface area (Å²) in [6, 6.07) is 8.93. The van der Waals surface area contributed by atoms with Gasteiger partial charge in [0.05, 0.1) is 0 Å². The lowest BCUT2D eigenvalue weighted by Crippen LogP contribution is -2.26. The van der Waals surface area contributed by atoms with Gasteiger partial charge in [-0.3, -0.25) is 0 Å². The molecule has 100 valence electrons. The van der Waals surface area contributed by atoms with Crippen LogP contribution in [0.15, 0.2) is 34.1 Å². The van der Waals surface area contributed by atoms with Gasteiger partial charge in [0.25, 0.3) is 0 Å². The number of nitrogens with one attached hydrogen (secondary N) is 1. The number of hydrogen-bond donors (Lipinski definition) is 1. The SMILES string of the molecule is CNC1CC(c2cc(Br)cs2)Oc2ccc(C)cc21. The van der Waals surface area contributed by atoms with E-state index in [9.17, 15) is 0 Å². The molecule has 0 amide bonds. The van der Waals surface area contributed by atoms with E-state index in [0.717, 1.165) is 16.6 Å². The first-order chi connectivity index (χ1) is 9.17. The minimum Gasteiger partial charge on any atom is -0.484 e. The van der Waals surface area contributed by atoms with Crippen molar-refractivity contribution in [2.24, 2.45) is 0 Å². The lowest BCUT2D eigenvalue weighted by Gasteiger charge is -2.32. The van der Waals surface area contributed by atoms with Crippen LogP contribution in [0.1, 0.15) is 34.6 Å². The van der Waals surface area contributed by atoms with Gasteiger partial charge in [-0.15, -0.1) is 11.3 Å². The standard InChI is InChI=1S/C15H16BrNOS/c1-9-3-4-13-11(5-9)12(17-2)7-14(18-13)15-6-10(16)8-19-15/h3-6,8,12,14,17H,7H2,1-2H3. The van der Waals surface area contributed by atoms with E-state index in [1.54, 1.807) is 11.3 Å². The molecule has 2 unspecified atom stereocenters. The van der Waals surface area contributed by atoms with Gasteiger partial charge in [0.15, 0.2) is 0 Å². The van der Waals surface area contributed by atoms with Gasteiger partial charge in [-0.25, -0.2) is 0 Å². The smallest absolute Gasteiger partial charge is 0.135 e. The summed E-state index contributed by atoms with van der Waals surface area (Å²) >= 11 is 5.26. The molecule has 0 saturated heterocycles. The normalized spacial score (nSPS) is 21.8. The van der Waals surface area contributed by atoms with Gasteiger partial charge in [0, 0.05) is 32.8 Å². The van der Waals surface area contributed by atoms with Crippen molar-refractivity contribution >= 4 is 27.3 Å². The Labute approximate surface area is 125 Å². The summed E-state index contributed by atoms with van der Waals surface area (Å²) < 4.78 is 7.30. The van der Waals surface area contributed by atoms with E-state index >= 15 is 0 Å². The molecule has 1 aliphatic rings. The minimum absolute atomic E-state index is 0.143. The molecule has 0 bridgehead atoms. The van der Waals surface area contributed by atoms with Gasteiger partial charge in [0.2, 0.25) is 0 Å². The quantitative estimate of drug-likeness (QED) is 0.864. The third-order valence-corrected chi connectivity index (χ3v) is 5.30. The summed E-state index contributed by atoms with van der Waals surface area (Å²) in [6.07, 6.45) is 1.11. The van der Waals surface area contributed by atoms with Crippen LogP contribution >= 0.6 is 27.3 Å². The fraction of sp³-hybridized carbons (Fsp3) is 0.333. The average molecular weight is 338 g/mol. The number of halogens is 1. The number of ether oxygens (including phenoxy) is 1. The van der Waals surface area contributed by atoms with E-state index in [-0.39, 0.29) is 6.10 Å². The number of fused-ring (bicyclic) bond motifs is 1. The molecule has 0 radical (unpaired) electrons. The molecule has 2 atom stereocenters. The Balaban J connectivity index is 1.95. The molecular weight excluding hydrogens is 322 g/mol. The van der Waals surface area contributed by atoms with Gasteiger partial charge in [-0.2, -0.15) is 0 Å². The molecule has 1 aromatic carbocycles. The molecule has 1 aliphatic heterocycles. The van der Waals surface area contributed by atoms with Crippen LogP contribution in [-0.4, -0.2) is 7.05 Å². The Bertz CT molecular complexity index is 596. The van der Waals surface area contributed by atoms with Crippen LogP contribution in [0.25, 0.3) is 0 Å². The zero-order chi connectivity index (χ0) is 13.4. The van der Waals surface area contributed by atoms with E-state index in [1.165, 1.54) is 16.0 Å². The second-order valence-corrected chi connectivity index (χ2v) is 6.75. The summed E-state index contributed by atoms with van der Waals surface area (Å²) in [6.45, 7) is 2.12. The van der Waals surface area contributed by atoms with Crippen molar-refractivity contribution < 1.29 is 4.74 Å². The largest absolute Gasteiger partial charge is 0.484 e. The van der Waals surface area contributed by atoms with Crippen LogP contribution in [0.5, 0.6) is 5.75 Å². The van der Waals surface area contributed by atoms with Crippen LogP contribution in [0.2, 0.25) is 0 Å². The lowest BCUT2D eigenvalue weighted by molar-refractivity contribution is 0.157. The Morgan fingerprint density at radius 1 is 1.37 bits per heavy atom. The molecule has 1 N–H and O–H groups in total. The third-order valence-electron chi connectivity index (χ3n) is 3.51. The monoisotopic (exact) mass is 337 g/mol. The topological polar surface area (TPSA) is 21.3 Å². The highest BCUT2D eigenvalue weighted by Crippen LogP contribution is 2.42. The Hall–Kier alpha value is -0.840. The third kappa shape index (κ3) is 2.57. The first-order valence-corrected chi connectivity index (χ1v) is 8.03. The maximum absolute atomic E-state index is 6.17. The predicted octanol–water partition coefficient (Wildman–Crippen LogP) is 4.60. The van der Waals surface area contributed by atoms with Crippen molar-refractivity contribution in [3.8, 4) is 5.75 Å². The Morgan fingerprint density at radius 3 is 2.89 bits per heavy atom. The molecule has 0 fully saturated rings. The highest BCUT2D eigenvalue weighted by molar-refractivity contribution is 9.10. The highest BCUT2D eigenvalue weighted by atomic mass is 79.9. The molecule has 2 aromatic rings. The summed E-state index contributed by atoms with van der Waals surface area (Å²) in [7, 11) is 2.02. The molecule has 4 heteroatoms. The number of benzene rings is 1. The molecule has 3 rings (SSSR count). The van der Waals surface area contributed by atoms with E-state index in [2.05, 4.69) is 57.8 Å². The first kappa shape index (κ1) is 13.2. The molecule has 1 aromatic heterocycles. The Kier molecular flexibility index (Phi) is 3.65. The van der Waals surface area contributed by atoms with Crippen LogP contribution in [0.4, 0.5) is 0 Å². The maximum atomic E-state index is 6.17. The molecule has 0 saturated carbocycles. The van der Waals surface area contributed by atoms with Crippen molar-refractivity contribution in [2.45, 2.75) is 25.5 Å². The summed E-state index contributed by atoms with van der Waals surface area (Å²) in [4.78, 5) is 1.28. The number of aryl methyl sites for hydroxylation is 1. The predicted molar refractivity (Wildman–Crippen MR) is 83.0 cm³/mol. The number of hydrogen-bond acceptors (Lipinski definition) is 3. The van der Waals surface area contributed by atoms with Crippen LogP contribution < -0.4 is 10.1 Å². The van der Waals surface area contributed by atoms with Gasteiger partial charge in [-0.05, 0) is 42.0 Å². The first-order valence-electron chi connectivity index (χ1n) is 6.36. The maximum Gasteiger partial charge on any atom is 0.135 e. The van der Waals surface area contributed by atoms with Crippen molar-refractivity contribution in [2.75, 3.05) is 7.05 Å². The second kappa shape index (κ2) is 5.27. The number of rotatable bonds is 2. The highest BCUT2D eigenvalue weighted by Gasteiger charge is 2.29. The molecule has 2 heterocycles.